The molecule has 5 rings (SSSR count). The Morgan fingerprint density at radius 1 is 1.03 bits per heavy atom. The molecule has 1 aliphatic heterocycles. The molecule has 0 saturated carbocycles. The fourth-order valence-electron chi connectivity index (χ4n) is 4.37. The monoisotopic (exact) mass is 488 g/mol. The predicted octanol–water partition coefficient (Wildman–Crippen LogP) is 5.10. The molecule has 2 aromatic carbocycles. The smallest absolute Gasteiger partial charge is 0.263 e. The summed E-state index contributed by atoms with van der Waals surface area (Å²) >= 11 is 1.54. The van der Waals surface area contributed by atoms with Crippen molar-refractivity contribution in [2.24, 2.45) is 0 Å². The van der Waals surface area contributed by atoms with Gasteiger partial charge >= 0.3 is 0 Å². The maximum Gasteiger partial charge on any atom is 0.263 e. The number of anilines is 1. The number of nitrogens with one attached hydrogen (secondary N) is 1. The summed E-state index contributed by atoms with van der Waals surface area (Å²) in [4.78, 5) is 35.4. The highest BCUT2D eigenvalue weighted by Gasteiger charge is 2.21. The summed E-state index contributed by atoms with van der Waals surface area (Å²) in [6.07, 6.45) is 2.29. The number of benzene rings is 2. The van der Waals surface area contributed by atoms with Gasteiger partial charge in [-0.1, -0.05) is 18.2 Å². The van der Waals surface area contributed by atoms with Crippen LogP contribution >= 0.6 is 11.3 Å². The summed E-state index contributed by atoms with van der Waals surface area (Å²) in [5.74, 6) is 1.80. The lowest BCUT2D eigenvalue weighted by atomic mass is 10.2. The number of fused-ring (bicyclic) bond motifs is 1. The second-order valence-corrected chi connectivity index (χ2v) is 10.1. The van der Waals surface area contributed by atoms with Crippen LogP contribution in [-0.4, -0.2) is 33.4 Å². The van der Waals surface area contributed by atoms with Gasteiger partial charge < -0.3 is 10.1 Å². The van der Waals surface area contributed by atoms with E-state index >= 15 is 0 Å². The Balaban J connectivity index is 1.36. The summed E-state index contributed by atoms with van der Waals surface area (Å²) in [5, 5.41) is 3.52. The molecule has 7 nitrogen and oxygen atoms in total. The molecular weight excluding hydrogens is 460 g/mol. The van der Waals surface area contributed by atoms with Crippen LogP contribution in [0, 0.1) is 13.8 Å². The van der Waals surface area contributed by atoms with Crippen molar-refractivity contribution in [1.29, 1.82) is 0 Å². The van der Waals surface area contributed by atoms with E-state index in [4.69, 9.17) is 9.72 Å². The number of hydrogen-bond donors (Lipinski definition) is 1. The number of thiophene rings is 1. The molecular formula is C27H28N4O3S. The van der Waals surface area contributed by atoms with Crippen LogP contribution in [-0.2, 0) is 17.9 Å². The molecule has 1 amide bonds. The second-order valence-electron chi connectivity index (χ2n) is 8.85. The third kappa shape index (κ3) is 5.13. The van der Waals surface area contributed by atoms with Crippen molar-refractivity contribution in [3.05, 3.63) is 81.2 Å². The normalized spacial score (nSPS) is 13.9. The van der Waals surface area contributed by atoms with E-state index in [9.17, 15) is 9.59 Å². The minimum Gasteiger partial charge on any atom is -0.457 e. The van der Waals surface area contributed by atoms with Gasteiger partial charge in [0.2, 0.25) is 5.91 Å². The number of aryl methyl sites for hydroxylation is 2. The molecule has 0 atom stereocenters. The second kappa shape index (κ2) is 10.0. The predicted molar refractivity (Wildman–Crippen MR) is 139 cm³/mol. The lowest BCUT2D eigenvalue weighted by Gasteiger charge is -2.18. The molecule has 1 saturated heterocycles. The van der Waals surface area contributed by atoms with Gasteiger partial charge in [-0.15, -0.1) is 11.3 Å². The molecule has 0 radical (unpaired) electrons. The third-order valence-corrected chi connectivity index (χ3v) is 7.45. The van der Waals surface area contributed by atoms with Gasteiger partial charge in [-0.05, 0) is 81.7 Å². The van der Waals surface area contributed by atoms with Crippen molar-refractivity contribution in [3.8, 4) is 11.5 Å². The van der Waals surface area contributed by atoms with E-state index in [1.165, 1.54) is 0 Å². The van der Waals surface area contributed by atoms with Crippen LogP contribution in [0.1, 0.15) is 29.1 Å². The number of carbonyl (C=O) groups excluding carboxylic acids is 1. The molecule has 1 fully saturated rings. The molecule has 4 aromatic rings. The fraction of sp³-hybridized carbons (Fsp3) is 0.296. The average molecular weight is 489 g/mol. The first kappa shape index (κ1) is 23.3. The van der Waals surface area contributed by atoms with Crippen LogP contribution in [0.2, 0.25) is 0 Å². The number of nitrogens with zero attached hydrogens (tertiary/aromatic N) is 3. The van der Waals surface area contributed by atoms with Crippen molar-refractivity contribution in [2.75, 3.05) is 18.4 Å². The number of carbonyl (C=O) groups is 1. The number of ether oxygens (including phenoxy) is 1. The molecule has 1 N–H and O–H groups in total. The van der Waals surface area contributed by atoms with Crippen LogP contribution in [0.3, 0.4) is 0 Å². The third-order valence-electron chi connectivity index (χ3n) is 6.35. The van der Waals surface area contributed by atoms with E-state index in [-0.39, 0.29) is 18.0 Å². The van der Waals surface area contributed by atoms with Gasteiger partial charge in [0.25, 0.3) is 5.56 Å². The van der Waals surface area contributed by atoms with Crippen molar-refractivity contribution < 1.29 is 9.53 Å². The molecule has 0 bridgehead atoms. The van der Waals surface area contributed by atoms with E-state index in [1.807, 2.05) is 44.2 Å². The summed E-state index contributed by atoms with van der Waals surface area (Å²) in [7, 11) is 0. The van der Waals surface area contributed by atoms with Gasteiger partial charge in [0.1, 0.15) is 28.7 Å². The maximum absolute atomic E-state index is 13.5. The number of aromatic nitrogens is 2. The van der Waals surface area contributed by atoms with E-state index < -0.39 is 0 Å². The molecule has 0 aliphatic carbocycles. The van der Waals surface area contributed by atoms with Crippen LogP contribution < -0.4 is 15.6 Å². The fourth-order valence-corrected chi connectivity index (χ4v) is 5.41. The van der Waals surface area contributed by atoms with E-state index in [0.29, 0.717) is 29.2 Å². The summed E-state index contributed by atoms with van der Waals surface area (Å²) in [6, 6.07) is 16.7. The number of likely N-dealkylation sites (tertiary alicyclic amines) is 1. The summed E-state index contributed by atoms with van der Waals surface area (Å²) < 4.78 is 7.36. The van der Waals surface area contributed by atoms with E-state index in [0.717, 1.165) is 47.0 Å². The van der Waals surface area contributed by atoms with Crippen LogP contribution in [0.15, 0.2) is 59.4 Å². The SMILES string of the molecule is Cc1sc2nc(CN3CCCC3)n(CC(=O)Nc3ccc(Oc4ccccc4)cc3)c(=O)c2c1C. The highest BCUT2D eigenvalue weighted by atomic mass is 32.1. The average Bonchev–Trinajstić information content (AvgIpc) is 3.46. The Hall–Kier alpha value is -3.49. The first-order chi connectivity index (χ1) is 17.0. The largest absolute Gasteiger partial charge is 0.457 e. The molecule has 1 aliphatic rings. The molecule has 35 heavy (non-hydrogen) atoms. The van der Waals surface area contributed by atoms with Crippen molar-refractivity contribution >= 4 is 33.1 Å². The van der Waals surface area contributed by atoms with Gasteiger partial charge in [-0.25, -0.2) is 4.98 Å². The standard InChI is InChI=1S/C27H28N4O3S/c1-18-19(2)35-26-25(18)27(33)31(23(29-26)16-30-14-6-7-15-30)17-24(32)28-20-10-12-22(13-11-20)34-21-8-4-3-5-9-21/h3-5,8-13H,6-7,14-17H2,1-2H3,(H,28,32). The highest BCUT2D eigenvalue weighted by molar-refractivity contribution is 7.18. The molecule has 0 unspecified atom stereocenters. The van der Waals surface area contributed by atoms with Gasteiger partial charge in [-0.3, -0.25) is 19.1 Å². The van der Waals surface area contributed by atoms with Crippen molar-refractivity contribution in [3.63, 3.8) is 0 Å². The Labute approximate surface area is 208 Å². The number of para-hydroxylation sites is 1. The van der Waals surface area contributed by atoms with Crippen LogP contribution in [0.5, 0.6) is 11.5 Å². The molecule has 2 aromatic heterocycles. The zero-order valence-corrected chi connectivity index (χ0v) is 20.7. The maximum atomic E-state index is 13.5. The first-order valence-electron chi connectivity index (χ1n) is 11.8. The molecule has 180 valence electrons. The Kier molecular flexibility index (Phi) is 6.66. The number of hydrogen-bond acceptors (Lipinski definition) is 6. The van der Waals surface area contributed by atoms with Gasteiger partial charge in [0.15, 0.2) is 0 Å². The van der Waals surface area contributed by atoms with Crippen molar-refractivity contribution in [2.45, 2.75) is 39.8 Å². The minimum atomic E-state index is -0.266. The summed E-state index contributed by atoms with van der Waals surface area (Å²) in [6.45, 7) is 6.41. The van der Waals surface area contributed by atoms with Gasteiger partial charge in [-0.2, -0.15) is 0 Å². The lowest BCUT2D eigenvalue weighted by molar-refractivity contribution is -0.116. The first-order valence-corrected chi connectivity index (χ1v) is 12.6. The quantitative estimate of drug-likeness (QED) is 0.392. The lowest BCUT2D eigenvalue weighted by Crippen LogP contribution is -2.33. The Bertz CT molecular complexity index is 1400. The molecule has 8 heteroatoms. The number of amides is 1. The molecule has 0 spiro atoms. The van der Waals surface area contributed by atoms with Crippen LogP contribution in [0.25, 0.3) is 10.2 Å². The highest BCUT2D eigenvalue weighted by Crippen LogP contribution is 2.27. The Morgan fingerprint density at radius 2 is 1.71 bits per heavy atom. The van der Waals surface area contributed by atoms with E-state index in [1.54, 1.807) is 40.2 Å². The van der Waals surface area contributed by atoms with Crippen molar-refractivity contribution in [1.82, 2.24) is 14.5 Å². The van der Waals surface area contributed by atoms with E-state index in [2.05, 4.69) is 10.2 Å². The zero-order valence-electron chi connectivity index (χ0n) is 19.9. The number of rotatable bonds is 7. The van der Waals surface area contributed by atoms with Gasteiger partial charge in [0, 0.05) is 10.6 Å². The van der Waals surface area contributed by atoms with Crippen LogP contribution in [0.4, 0.5) is 5.69 Å². The Morgan fingerprint density at radius 3 is 2.43 bits per heavy atom. The summed E-state index contributed by atoms with van der Waals surface area (Å²) in [5.41, 5.74) is 1.44. The molecule has 3 heterocycles. The van der Waals surface area contributed by atoms with Gasteiger partial charge in [0.05, 0.1) is 11.9 Å². The topological polar surface area (TPSA) is 76.5 Å². The minimum absolute atomic E-state index is 0.0818. The zero-order chi connectivity index (χ0) is 24.4.